The highest BCUT2D eigenvalue weighted by atomic mass is 16.2. The average molecular weight is 384 g/mol. The molecule has 0 fully saturated rings. The van der Waals surface area contributed by atoms with Crippen molar-refractivity contribution in [1.82, 2.24) is 0 Å². The molecule has 0 aliphatic carbocycles. The van der Waals surface area contributed by atoms with Crippen LogP contribution in [0.3, 0.4) is 0 Å². The Bertz CT molecular complexity index is 1090. The van der Waals surface area contributed by atoms with Gasteiger partial charge in [0, 0.05) is 28.9 Å². The number of carbonyl (C=O) groups is 3. The van der Waals surface area contributed by atoms with Gasteiger partial charge in [0.1, 0.15) is 6.04 Å². The van der Waals surface area contributed by atoms with Gasteiger partial charge in [0.15, 0.2) is 5.78 Å². The number of Topliss-reactive ketones (excluding diaryl/α,β-unsaturated/α-hetero) is 1. The summed E-state index contributed by atoms with van der Waals surface area (Å²) in [5, 5.41) is 2.87. The van der Waals surface area contributed by atoms with Crippen LogP contribution in [-0.4, -0.2) is 23.6 Å². The van der Waals surface area contributed by atoms with E-state index in [1.807, 2.05) is 30.3 Å². The van der Waals surface area contributed by atoms with Crippen LogP contribution in [0.4, 0.5) is 11.4 Å². The van der Waals surface area contributed by atoms with Crippen molar-refractivity contribution in [3.05, 3.63) is 95.6 Å². The van der Waals surface area contributed by atoms with Crippen LogP contribution in [0.1, 0.15) is 33.2 Å². The lowest BCUT2D eigenvalue weighted by molar-refractivity contribution is -0.117. The Morgan fingerprint density at radius 2 is 1.55 bits per heavy atom. The molecular formula is C24H20N2O3. The van der Waals surface area contributed by atoms with Crippen LogP contribution in [0.5, 0.6) is 0 Å². The van der Waals surface area contributed by atoms with Gasteiger partial charge in [-0.2, -0.15) is 0 Å². The number of hydrogen-bond donors (Lipinski definition) is 1. The number of benzene rings is 3. The van der Waals surface area contributed by atoms with Crippen LogP contribution in [0.25, 0.3) is 0 Å². The van der Waals surface area contributed by atoms with Crippen molar-refractivity contribution in [1.29, 1.82) is 0 Å². The van der Waals surface area contributed by atoms with Crippen molar-refractivity contribution in [2.24, 2.45) is 0 Å². The van der Waals surface area contributed by atoms with Gasteiger partial charge in [0.05, 0.1) is 0 Å². The van der Waals surface area contributed by atoms with E-state index < -0.39 is 6.04 Å². The molecule has 1 aliphatic rings. The zero-order chi connectivity index (χ0) is 20.4. The summed E-state index contributed by atoms with van der Waals surface area (Å²) < 4.78 is 0. The minimum Gasteiger partial charge on any atom is -0.324 e. The van der Waals surface area contributed by atoms with Gasteiger partial charge in [-0.05, 0) is 42.8 Å². The Kier molecular flexibility index (Phi) is 4.96. The first-order valence-electron chi connectivity index (χ1n) is 9.43. The van der Waals surface area contributed by atoms with E-state index in [1.165, 1.54) is 6.92 Å². The Hall–Kier alpha value is -3.73. The highest BCUT2D eigenvalue weighted by Gasteiger charge is 2.38. The third-order valence-corrected chi connectivity index (χ3v) is 5.05. The lowest BCUT2D eigenvalue weighted by Crippen LogP contribution is -2.45. The third-order valence-electron chi connectivity index (χ3n) is 5.05. The fourth-order valence-corrected chi connectivity index (χ4v) is 3.61. The van der Waals surface area contributed by atoms with Gasteiger partial charge in [0.2, 0.25) is 5.91 Å². The second-order valence-electron chi connectivity index (χ2n) is 7.02. The molecule has 5 nitrogen and oxygen atoms in total. The molecule has 1 atom stereocenters. The topological polar surface area (TPSA) is 66.5 Å². The molecule has 29 heavy (non-hydrogen) atoms. The Balaban J connectivity index is 1.65. The Morgan fingerprint density at radius 3 is 2.31 bits per heavy atom. The summed E-state index contributed by atoms with van der Waals surface area (Å²) in [6.45, 7) is 1.48. The molecule has 144 valence electrons. The van der Waals surface area contributed by atoms with Crippen LogP contribution in [0.2, 0.25) is 0 Å². The van der Waals surface area contributed by atoms with Gasteiger partial charge in [-0.3, -0.25) is 19.3 Å². The average Bonchev–Trinajstić information content (AvgIpc) is 3.14. The van der Waals surface area contributed by atoms with E-state index in [-0.39, 0.29) is 17.6 Å². The van der Waals surface area contributed by atoms with Gasteiger partial charge < -0.3 is 5.32 Å². The van der Waals surface area contributed by atoms with Crippen molar-refractivity contribution in [3.8, 4) is 0 Å². The van der Waals surface area contributed by atoms with E-state index in [0.717, 1.165) is 11.3 Å². The Morgan fingerprint density at radius 1 is 0.862 bits per heavy atom. The molecule has 1 aliphatic heterocycles. The van der Waals surface area contributed by atoms with Crippen LogP contribution in [0.15, 0.2) is 78.9 Å². The molecule has 3 aromatic rings. The minimum absolute atomic E-state index is 0.0738. The molecule has 0 unspecified atom stereocenters. The smallest absolute Gasteiger partial charge is 0.259 e. The molecule has 0 aromatic heterocycles. The Labute approximate surface area is 169 Å². The fraction of sp³-hybridized carbons (Fsp3) is 0.125. The van der Waals surface area contributed by atoms with Crippen molar-refractivity contribution in [2.75, 3.05) is 10.2 Å². The lowest BCUT2D eigenvalue weighted by atomic mass is 10.1. The number of rotatable bonds is 4. The molecule has 4 rings (SSSR count). The van der Waals surface area contributed by atoms with E-state index in [2.05, 4.69) is 5.32 Å². The molecule has 0 spiro atoms. The summed E-state index contributed by atoms with van der Waals surface area (Å²) in [7, 11) is 0. The predicted octanol–water partition coefficient (Wildman–Crippen LogP) is 4.10. The molecule has 0 saturated carbocycles. The lowest BCUT2D eigenvalue weighted by Gasteiger charge is -2.25. The zero-order valence-electron chi connectivity index (χ0n) is 16.0. The molecule has 0 bridgehead atoms. The first-order chi connectivity index (χ1) is 14.0. The highest BCUT2D eigenvalue weighted by Crippen LogP contribution is 2.34. The summed E-state index contributed by atoms with van der Waals surface area (Å²) >= 11 is 0. The van der Waals surface area contributed by atoms with E-state index >= 15 is 0 Å². The number of fused-ring (bicyclic) bond motifs is 1. The van der Waals surface area contributed by atoms with Gasteiger partial charge in [0.25, 0.3) is 5.91 Å². The summed E-state index contributed by atoms with van der Waals surface area (Å²) in [5.41, 5.74) is 3.29. The van der Waals surface area contributed by atoms with Crippen molar-refractivity contribution in [2.45, 2.75) is 19.4 Å². The molecule has 3 aromatic carbocycles. The number of nitrogens with zero attached hydrogens (tertiary/aromatic N) is 1. The van der Waals surface area contributed by atoms with Gasteiger partial charge in [-0.15, -0.1) is 0 Å². The number of anilines is 2. The summed E-state index contributed by atoms with van der Waals surface area (Å²) in [6.07, 6.45) is 0.437. The normalized spacial score (nSPS) is 14.9. The molecule has 2 amide bonds. The number of para-hydroxylation sites is 1. The van der Waals surface area contributed by atoms with E-state index in [0.29, 0.717) is 23.2 Å². The largest absolute Gasteiger partial charge is 0.324 e. The van der Waals surface area contributed by atoms with Crippen molar-refractivity contribution < 1.29 is 14.4 Å². The molecule has 0 radical (unpaired) electrons. The maximum atomic E-state index is 13.2. The van der Waals surface area contributed by atoms with E-state index in [9.17, 15) is 14.4 Å². The third kappa shape index (κ3) is 3.67. The predicted molar refractivity (Wildman–Crippen MR) is 112 cm³/mol. The van der Waals surface area contributed by atoms with Crippen LogP contribution < -0.4 is 10.2 Å². The second kappa shape index (κ2) is 7.72. The first-order valence-corrected chi connectivity index (χ1v) is 9.43. The van der Waals surface area contributed by atoms with Crippen molar-refractivity contribution >= 4 is 29.0 Å². The van der Waals surface area contributed by atoms with E-state index in [1.54, 1.807) is 53.4 Å². The molecule has 5 heteroatoms. The monoisotopic (exact) mass is 384 g/mol. The maximum absolute atomic E-state index is 13.2. The van der Waals surface area contributed by atoms with Crippen molar-refractivity contribution in [3.63, 3.8) is 0 Å². The van der Waals surface area contributed by atoms with Crippen LogP contribution in [-0.2, 0) is 11.2 Å². The number of ketones is 1. The van der Waals surface area contributed by atoms with Gasteiger partial charge in [-0.1, -0.05) is 48.5 Å². The standard InChI is InChI=1S/C24H20N2O3/c1-16(27)18-11-7-12-20(14-18)25-23(28)22-15-19-10-5-6-13-21(19)26(22)24(29)17-8-3-2-4-9-17/h2-14,22H,15H2,1H3,(H,25,28)/t22-/m1/s1. The maximum Gasteiger partial charge on any atom is 0.259 e. The van der Waals surface area contributed by atoms with E-state index in [4.69, 9.17) is 0 Å². The second-order valence-corrected chi connectivity index (χ2v) is 7.02. The molecule has 1 N–H and O–H groups in total. The zero-order valence-corrected chi connectivity index (χ0v) is 16.0. The number of nitrogens with one attached hydrogen (secondary N) is 1. The summed E-state index contributed by atoms with van der Waals surface area (Å²) in [4.78, 5) is 39.5. The molecule has 0 saturated heterocycles. The number of carbonyl (C=O) groups excluding carboxylic acids is 3. The number of hydrogen-bond acceptors (Lipinski definition) is 3. The molecule has 1 heterocycles. The SMILES string of the molecule is CC(=O)c1cccc(NC(=O)[C@H]2Cc3ccccc3N2C(=O)c2ccccc2)c1. The van der Waals surface area contributed by atoms with Gasteiger partial charge in [-0.25, -0.2) is 0 Å². The number of amides is 2. The minimum atomic E-state index is -0.666. The van der Waals surface area contributed by atoms with Crippen LogP contribution >= 0.6 is 0 Å². The fourth-order valence-electron chi connectivity index (χ4n) is 3.61. The first kappa shape index (κ1) is 18.6. The molecular weight excluding hydrogens is 364 g/mol. The van der Waals surface area contributed by atoms with Gasteiger partial charge >= 0.3 is 0 Å². The summed E-state index contributed by atoms with van der Waals surface area (Å²) in [5.74, 6) is -0.574. The summed E-state index contributed by atoms with van der Waals surface area (Å²) in [6, 6.07) is 22.6. The highest BCUT2D eigenvalue weighted by molar-refractivity contribution is 6.13. The van der Waals surface area contributed by atoms with Crippen LogP contribution in [0, 0.1) is 0 Å². The quantitative estimate of drug-likeness (QED) is 0.689.